The van der Waals surface area contributed by atoms with Crippen molar-refractivity contribution in [2.75, 3.05) is 0 Å². The van der Waals surface area contributed by atoms with Crippen molar-refractivity contribution in [3.63, 3.8) is 0 Å². The predicted molar refractivity (Wildman–Crippen MR) is 50.5 cm³/mol. The average Bonchev–Trinajstić information content (AvgIpc) is 1.79. The third kappa shape index (κ3) is 1.60. The highest BCUT2D eigenvalue weighted by atomic mass is 14.5. The fraction of sp³-hybridized carbons (Fsp3) is 1.00. The van der Waals surface area contributed by atoms with Crippen LogP contribution in [0.3, 0.4) is 0 Å². The van der Waals surface area contributed by atoms with Crippen molar-refractivity contribution >= 4 is 0 Å². The lowest BCUT2D eigenvalue weighted by Crippen LogP contribution is -2.40. The van der Waals surface area contributed by atoms with Crippen LogP contribution in [0.1, 0.15) is 47.5 Å². The first-order valence-corrected chi connectivity index (χ1v) is 4.96. The van der Waals surface area contributed by atoms with Crippen molar-refractivity contribution < 1.29 is 0 Å². The first-order valence-electron chi connectivity index (χ1n) is 4.96. The van der Waals surface area contributed by atoms with Crippen LogP contribution in [0.4, 0.5) is 0 Å². The Labute approximate surface area is 71.4 Å². The van der Waals surface area contributed by atoms with E-state index < -0.39 is 0 Å². The van der Waals surface area contributed by atoms with E-state index in [1.165, 1.54) is 12.8 Å². The van der Waals surface area contributed by atoms with Crippen LogP contribution in [0.25, 0.3) is 0 Å². The number of hydrogen-bond acceptors (Lipinski definition) is 0. The van der Waals surface area contributed by atoms with Crippen molar-refractivity contribution in [1.82, 2.24) is 0 Å². The Bertz CT molecular complexity index is 127. The largest absolute Gasteiger partial charge is 0.0625 e. The molecule has 0 bridgehead atoms. The Morgan fingerprint density at radius 1 is 1.09 bits per heavy atom. The molecule has 0 amide bonds. The number of rotatable bonds is 2. The van der Waals surface area contributed by atoms with Crippen LogP contribution < -0.4 is 0 Å². The Morgan fingerprint density at radius 2 is 1.55 bits per heavy atom. The summed E-state index contributed by atoms with van der Waals surface area (Å²) in [7, 11) is 0. The summed E-state index contributed by atoms with van der Waals surface area (Å²) in [5.41, 5.74) is 0.676. The van der Waals surface area contributed by atoms with E-state index in [0.717, 1.165) is 17.8 Å². The minimum atomic E-state index is 0.676. The molecule has 66 valence electrons. The lowest BCUT2D eigenvalue weighted by Gasteiger charge is -2.50. The van der Waals surface area contributed by atoms with Crippen LogP contribution in [0.2, 0.25) is 0 Å². The topological polar surface area (TPSA) is 0 Å². The Kier molecular flexibility index (Phi) is 2.32. The molecule has 11 heavy (non-hydrogen) atoms. The molecule has 1 rings (SSSR count). The standard InChI is InChI=1S/C11H22/c1-8(2)10-6-11(5,7-10)9(3)4/h8-10H,6-7H2,1-5H3. The molecule has 0 N–H and O–H groups in total. The zero-order valence-corrected chi connectivity index (χ0v) is 8.65. The van der Waals surface area contributed by atoms with Crippen LogP contribution in [0.5, 0.6) is 0 Å². The van der Waals surface area contributed by atoms with Gasteiger partial charge < -0.3 is 0 Å². The van der Waals surface area contributed by atoms with Crippen LogP contribution in [0.15, 0.2) is 0 Å². The molecule has 0 saturated heterocycles. The van der Waals surface area contributed by atoms with Crippen molar-refractivity contribution in [2.45, 2.75) is 47.5 Å². The normalized spacial score (nSPS) is 37.9. The molecular formula is C11H22. The molecule has 1 fully saturated rings. The van der Waals surface area contributed by atoms with Crippen LogP contribution >= 0.6 is 0 Å². The molecule has 1 aliphatic carbocycles. The first kappa shape index (κ1) is 9.09. The molecule has 0 aliphatic heterocycles. The summed E-state index contributed by atoms with van der Waals surface area (Å²) in [6, 6.07) is 0. The summed E-state index contributed by atoms with van der Waals surface area (Å²) in [5, 5.41) is 0. The second-order valence-electron chi connectivity index (χ2n) is 5.22. The number of hydrogen-bond donors (Lipinski definition) is 0. The quantitative estimate of drug-likeness (QED) is 0.568. The molecule has 0 aromatic heterocycles. The maximum atomic E-state index is 2.44. The smallest absolute Gasteiger partial charge is 0.0297 e. The lowest BCUT2D eigenvalue weighted by atomic mass is 9.55. The van der Waals surface area contributed by atoms with Gasteiger partial charge in [0, 0.05) is 0 Å². The van der Waals surface area contributed by atoms with Crippen LogP contribution in [0, 0.1) is 23.2 Å². The molecule has 0 aromatic carbocycles. The van der Waals surface area contributed by atoms with Gasteiger partial charge in [-0.2, -0.15) is 0 Å². The minimum absolute atomic E-state index is 0.676. The molecule has 0 nitrogen and oxygen atoms in total. The minimum Gasteiger partial charge on any atom is -0.0625 e. The van der Waals surface area contributed by atoms with Crippen LogP contribution in [-0.2, 0) is 0 Å². The Morgan fingerprint density at radius 3 is 1.82 bits per heavy atom. The van der Waals surface area contributed by atoms with Gasteiger partial charge in [0.2, 0.25) is 0 Å². The van der Waals surface area contributed by atoms with E-state index in [-0.39, 0.29) is 0 Å². The summed E-state index contributed by atoms with van der Waals surface area (Å²) in [6.45, 7) is 11.9. The van der Waals surface area contributed by atoms with Crippen molar-refractivity contribution in [3.05, 3.63) is 0 Å². The van der Waals surface area contributed by atoms with Gasteiger partial charge >= 0.3 is 0 Å². The molecule has 1 saturated carbocycles. The van der Waals surface area contributed by atoms with Gasteiger partial charge in [-0.1, -0.05) is 34.6 Å². The van der Waals surface area contributed by atoms with E-state index in [1.54, 1.807) is 0 Å². The van der Waals surface area contributed by atoms with Gasteiger partial charge in [0.25, 0.3) is 0 Å². The van der Waals surface area contributed by atoms with Crippen molar-refractivity contribution in [1.29, 1.82) is 0 Å². The van der Waals surface area contributed by atoms with Gasteiger partial charge in [-0.3, -0.25) is 0 Å². The van der Waals surface area contributed by atoms with Crippen LogP contribution in [-0.4, -0.2) is 0 Å². The Hall–Kier alpha value is 0. The van der Waals surface area contributed by atoms with E-state index in [4.69, 9.17) is 0 Å². The summed E-state index contributed by atoms with van der Waals surface area (Å²) >= 11 is 0. The molecule has 0 unspecified atom stereocenters. The molecule has 0 aromatic rings. The predicted octanol–water partition coefficient (Wildman–Crippen LogP) is 3.71. The molecule has 0 radical (unpaired) electrons. The molecule has 0 spiro atoms. The average molecular weight is 154 g/mol. The van der Waals surface area contributed by atoms with Gasteiger partial charge in [-0.25, -0.2) is 0 Å². The molecule has 1 aliphatic rings. The molecule has 0 heterocycles. The highest BCUT2D eigenvalue weighted by molar-refractivity contribution is 4.93. The van der Waals surface area contributed by atoms with E-state index in [2.05, 4.69) is 34.6 Å². The zero-order valence-electron chi connectivity index (χ0n) is 8.65. The summed E-state index contributed by atoms with van der Waals surface area (Å²) < 4.78 is 0. The summed E-state index contributed by atoms with van der Waals surface area (Å²) in [6.07, 6.45) is 2.92. The maximum absolute atomic E-state index is 2.44. The lowest BCUT2D eigenvalue weighted by molar-refractivity contribution is 0.000829. The SMILES string of the molecule is CC(C)C1CC(C)(C(C)C)C1. The molecule has 0 heteroatoms. The first-order chi connectivity index (χ1) is 4.96. The summed E-state index contributed by atoms with van der Waals surface area (Å²) in [4.78, 5) is 0. The highest BCUT2D eigenvalue weighted by Gasteiger charge is 2.43. The molecular weight excluding hydrogens is 132 g/mol. The van der Waals surface area contributed by atoms with Crippen molar-refractivity contribution in [3.8, 4) is 0 Å². The second-order valence-corrected chi connectivity index (χ2v) is 5.22. The van der Waals surface area contributed by atoms with Gasteiger partial charge in [0.05, 0.1) is 0 Å². The van der Waals surface area contributed by atoms with Crippen molar-refractivity contribution in [2.24, 2.45) is 23.2 Å². The third-order valence-electron chi connectivity index (χ3n) is 3.79. The van der Waals surface area contributed by atoms with E-state index >= 15 is 0 Å². The second kappa shape index (κ2) is 2.80. The van der Waals surface area contributed by atoms with Gasteiger partial charge in [-0.15, -0.1) is 0 Å². The van der Waals surface area contributed by atoms with E-state index in [1.807, 2.05) is 0 Å². The van der Waals surface area contributed by atoms with E-state index in [0.29, 0.717) is 5.41 Å². The highest BCUT2D eigenvalue weighted by Crippen LogP contribution is 2.52. The van der Waals surface area contributed by atoms with Gasteiger partial charge in [0.1, 0.15) is 0 Å². The monoisotopic (exact) mass is 154 g/mol. The fourth-order valence-electron chi connectivity index (χ4n) is 2.08. The zero-order chi connectivity index (χ0) is 8.65. The van der Waals surface area contributed by atoms with E-state index in [9.17, 15) is 0 Å². The third-order valence-corrected chi connectivity index (χ3v) is 3.79. The maximum Gasteiger partial charge on any atom is -0.0297 e. The summed E-state index contributed by atoms with van der Waals surface area (Å²) in [5.74, 6) is 2.79. The Balaban J connectivity index is 2.38. The fourth-order valence-corrected chi connectivity index (χ4v) is 2.08. The van der Waals surface area contributed by atoms with Gasteiger partial charge in [0.15, 0.2) is 0 Å². The molecule has 0 atom stereocenters. The van der Waals surface area contributed by atoms with Gasteiger partial charge in [-0.05, 0) is 36.0 Å².